The minimum atomic E-state index is 0.671. The molecular weight excluding hydrogens is 210 g/mol. The average Bonchev–Trinajstić information content (AvgIpc) is 2.83. The van der Waals surface area contributed by atoms with Crippen molar-refractivity contribution in [2.45, 2.75) is 0 Å². The van der Waals surface area contributed by atoms with Crippen LogP contribution in [0.5, 0.6) is 0 Å². The first kappa shape index (κ1) is 8.37. The molecule has 0 spiro atoms. The first-order valence-electron chi connectivity index (χ1n) is 4.37. The molecule has 0 bridgehead atoms. The number of para-hydroxylation sites is 1. The molecular formula is C9H7N5S. The summed E-state index contributed by atoms with van der Waals surface area (Å²) in [6.07, 6.45) is 1.62. The summed E-state index contributed by atoms with van der Waals surface area (Å²) >= 11 is 1.39. The molecule has 2 heterocycles. The molecule has 74 valence electrons. The van der Waals surface area contributed by atoms with Gasteiger partial charge in [-0.25, -0.2) is 4.98 Å². The van der Waals surface area contributed by atoms with Crippen molar-refractivity contribution in [3.8, 4) is 5.13 Å². The van der Waals surface area contributed by atoms with Crippen LogP contribution in [0, 0.1) is 0 Å². The minimum absolute atomic E-state index is 0.671. The van der Waals surface area contributed by atoms with Crippen LogP contribution in [-0.4, -0.2) is 20.0 Å². The summed E-state index contributed by atoms with van der Waals surface area (Å²) in [5, 5.41) is 9.49. The Morgan fingerprint density at radius 2 is 2.13 bits per heavy atom. The van der Waals surface area contributed by atoms with E-state index in [1.807, 2.05) is 24.3 Å². The number of rotatable bonds is 1. The second-order valence-electron chi connectivity index (χ2n) is 3.04. The van der Waals surface area contributed by atoms with Gasteiger partial charge >= 0.3 is 0 Å². The number of benzene rings is 1. The van der Waals surface area contributed by atoms with Crippen molar-refractivity contribution in [1.82, 2.24) is 20.0 Å². The third-order valence-electron chi connectivity index (χ3n) is 2.04. The van der Waals surface area contributed by atoms with Crippen molar-refractivity contribution in [2.75, 3.05) is 5.73 Å². The van der Waals surface area contributed by atoms with E-state index in [2.05, 4.69) is 15.3 Å². The first-order chi connectivity index (χ1) is 7.34. The molecule has 3 aromatic rings. The zero-order valence-electron chi connectivity index (χ0n) is 7.66. The van der Waals surface area contributed by atoms with E-state index in [9.17, 15) is 0 Å². The van der Waals surface area contributed by atoms with E-state index in [0.29, 0.717) is 5.00 Å². The standard InChI is InChI=1S/C9H7N5S/c10-8-5-11-9(15-8)14-7-4-2-1-3-6(7)12-13-14/h1-5H,10H2. The summed E-state index contributed by atoms with van der Waals surface area (Å²) < 4.78 is 1.69. The number of hydrogen-bond acceptors (Lipinski definition) is 5. The van der Waals surface area contributed by atoms with Gasteiger partial charge in [0.05, 0.1) is 11.7 Å². The van der Waals surface area contributed by atoms with Gasteiger partial charge in [-0.3, -0.25) is 0 Å². The van der Waals surface area contributed by atoms with Crippen molar-refractivity contribution in [2.24, 2.45) is 0 Å². The van der Waals surface area contributed by atoms with Gasteiger partial charge < -0.3 is 5.73 Å². The molecule has 0 atom stereocenters. The summed E-state index contributed by atoms with van der Waals surface area (Å²) in [6.45, 7) is 0. The monoisotopic (exact) mass is 217 g/mol. The van der Waals surface area contributed by atoms with Crippen LogP contribution in [0.15, 0.2) is 30.5 Å². The highest BCUT2D eigenvalue weighted by Gasteiger charge is 2.08. The summed E-state index contributed by atoms with van der Waals surface area (Å²) in [5.41, 5.74) is 7.41. The van der Waals surface area contributed by atoms with E-state index < -0.39 is 0 Å². The van der Waals surface area contributed by atoms with E-state index in [-0.39, 0.29) is 0 Å². The molecule has 1 aromatic carbocycles. The number of nitrogens with zero attached hydrogens (tertiary/aromatic N) is 4. The Kier molecular flexibility index (Phi) is 1.69. The van der Waals surface area contributed by atoms with E-state index in [1.54, 1.807) is 10.9 Å². The fraction of sp³-hybridized carbons (Fsp3) is 0. The molecule has 2 N–H and O–H groups in total. The third-order valence-corrected chi connectivity index (χ3v) is 2.85. The van der Waals surface area contributed by atoms with Crippen LogP contribution in [0.3, 0.4) is 0 Å². The minimum Gasteiger partial charge on any atom is -0.389 e. The van der Waals surface area contributed by atoms with Crippen molar-refractivity contribution >= 4 is 27.4 Å². The number of thiazole rings is 1. The van der Waals surface area contributed by atoms with Gasteiger partial charge in [0.25, 0.3) is 0 Å². The zero-order valence-corrected chi connectivity index (χ0v) is 8.48. The van der Waals surface area contributed by atoms with Crippen LogP contribution >= 0.6 is 11.3 Å². The molecule has 0 aliphatic rings. The molecule has 0 amide bonds. The molecule has 0 saturated carbocycles. The maximum Gasteiger partial charge on any atom is 0.214 e. The number of anilines is 1. The lowest BCUT2D eigenvalue weighted by molar-refractivity contribution is 0.817. The van der Waals surface area contributed by atoms with E-state index in [4.69, 9.17) is 5.73 Å². The Morgan fingerprint density at radius 3 is 2.93 bits per heavy atom. The third kappa shape index (κ3) is 1.26. The number of aromatic nitrogens is 4. The highest BCUT2D eigenvalue weighted by molar-refractivity contribution is 7.17. The second kappa shape index (κ2) is 3.03. The van der Waals surface area contributed by atoms with Crippen molar-refractivity contribution in [3.05, 3.63) is 30.5 Å². The highest BCUT2D eigenvalue weighted by atomic mass is 32.1. The number of hydrogen-bond donors (Lipinski definition) is 1. The Balaban J connectivity index is 2.27. The Morgan fingerprint density at radius 1 is 1.27 bits per heavy atom. The molecule has 0 aliphatic heterocycles. The predicted octanol–water partition coefficient (Wildman–Crippen LogP) is 1.46. The quantitative estimate of drug-likeness (QED) is 0.670. The van der Waals surface area contributed by atoms with Crippen molar-refractivity contribution < 1.29 is 0 Å². The molecule has 0 saturated heterocycles. The number of nitrogens with two attached hydrogens (primary N) is 1. The average molecular weight is 217 g/mol. The van der Waals surface area contributed by atoms with Crippen LogP contribution in [0.1, 0.15) is 0 Å². The van der Waals surface area contributed by atoms with Crippen molar-refractivity contribution in [1.29, 1.82) is 0 Å². The molecule has 3 rings (SSSR count). The zero-order chi connectivity index (χ0) is 10.3. The van der Waals surface area contributed by atoms with Crippen LogP contribution in [0.4, 0.5) is 5.00 Å². The van der Waals surface area contributed by atoms with Crippen LogP contribution in [0.25, 0.3) is 16.2 Å². The van der Waals surface area contributed by atoms with Gasteiger partial charge in [-0.05, 0) is 12.1 Å². The van der Waals surface area contributed by atoms with Crippen LogP contribution < -0.4 is 5.73 Å². The molecule has 0 unspecified atom stereocenters. The second-order valence-corrected chi connectivity index (χ2v) is 4.08. The van der Waals surface area contributed by atoms with Crippen molar-refractivity contribution in [3.63, 3.8) is 0 Å². The van der Waals surface area contributed by atoms with Gasteiger partial charge in [-0.15, -0.1) is 5.10 Å². The molecule has 5 nitrogen and oxygen atoms in total. The fourth-order valence-corrected chi connectivity index (χ4v) is 2.03. The first-order valence-corrected chi connectivity index (χ1v) is 5.18. The maximum atomic E-state index is 5.62. The van der Waals surface area contributed by atoms with Gasteiger partial charge in [0.15, 0.2) is 0 Å². The summed E-state index contributed by atoms with van der Waals surface area (Å²) in [7, 11) is 0. The Bertz CT molecular complexity index is 612. The summed E-state index contributed by atoms with van der Waals surface area (Å²) in [4.78, 5) is 4.16. The predicted molar refractivity (Wildman–Crippen MR) is 58.9 cm³/mol. The van der Waals surface area contributed by atoms with Crippen LogP contribution in [-0.2, 0) is 0 Å². The van der Waals surface area contributed by atoms with Gasteiger partial charge in [-0.2, -0.15) is 4.68 Å². The van der Waals surface area contributed by atoms with Gasteiger partial charge in [0, 0.05) is 0 Å². The topological polar surface area (TPSA) is 69.6 Å². The summed E-state index contributed by atoms with van der Waals surface area (Å²) in [5.74, 6) is 0. The molecule has 0 fully saturated rings. The van der Waals surface area contributed by atoms with E-state index >= 15 is 0 Å². The SMILES string of the molecule is Nc1cnc(-n2nnc3ccccc32)s1. The van der Waals surface area contributed by atoms with E-state index in [0.717, 1.165) is 16.2 Å². The largest absolute Gasteiger partial charge is 0.389 e. The maximum absolute atomic E-state index is 5.62. The fourth-order valence-electron chi connectivity index (χ4n) is 1.39. The van der Waals surface area contributed by atoms with Gasteiger partial charge in [0.2, 0.25) is 5.13 Å². The smallest absolute Gasteiger partial charge is 0.214 e. The Hall–Kier alpha value is -1.95. The van der Waals surface area contributed by atoms with E-state index in [1.165, 1.54) is 11.3 Å². The number of fused-ring (bicyclic) bond motifs is 1. The summed E-state index contributed by atoms with van der Waals surface area (Å²) in [6, 6.07) is 7.74. The molecule has 0 radical (unpaired) electrons. The van der Waals surface area contributed by atoms with Gasteiger partial charge in [-0.1, -0.05) is 28.7 Å². The Labute approximate surface area is 89.2 Å². The molecule has 6 heteroatoms. The number of nitrogen functional groups attached to an aromatic ring is 1. The molecule has 2 aromatic heterocycles. The molecule has 0 aliphatic carbocycles. The lowest BCUT2D eigenvalue weighted by Gasteiger charge is -1.94. The highest BCUT2D eigenvalue weighted by Crippen LogP contribution is 2.21. The van der Waals surface area contributed by atoms with Crippen LogP contribution in [0.2, 0.25) is 0 Å². The van der Waals surface area contributed by atoms with Gasteiger partial charge in [0.1, 0.15) is 10.5 Å². The molecule has 15 heavy (non-hydrogen) atoms. The lowest BCUT2D eigenvalue weighted by atomic mass is 10.3. The lowest BCUT2D eigenvalue weighted by Crippen LogP contribution is -1.94. The normalized spacial score (nSPS) is 10.9.